The highest BCUT2D eigenvalue weighted by Crippen LogP contribution is 2.40. The molecule has 10 heteroatoms. The molecule has 0 bridgehead atoms. The normalized spacial score (nSPS) is 12.3. The SMILES string of the molecule is CCN(CCCOc1ccc(-c2cccc(S(=O)(=O)CC)c2)c2c1[nH]c1ncc(Cl)cc12)CC(F)F. The predicted octanol–water partition coefficient (Wildman–Crippen LogP) is 6.19. The lowest BCUT2D eigenvalue weighted by atomic mass is 9.99. The van der Waals surface area contributed by atoms with Gasteiger partial charge in [0.2, 0.25) is 0 Å². The van der Waals surface area contributed by atoms with Crippen LogP contribution in [0.5, 0.6) is 5.75 Å². The number of aromatic nitrogens is 2. The van der Waals surface area contributed by atoms with Gasteiger partial charge in [-0.05, 0) is 54.4 Å². The number of nitrogens with one attached hydrogen (secondary N) is 1. The van der Waals surface area contributed by atoms with Gasteiger partial charge in [0.05, 0.1) is 34.3 Å². The fourth-order valence-electron chi connectivity index (χ4n) is 4.26. The zero-order valence-electron chi connectivity index (χ0n) is 20.1. The third kappa shape index (κ3) is 5.63. The molecule has 2 heterocycles. The second-order valence-electron chi connectivity index (χ2n) is 8.45. The van der Waals surface area contributed by atoms with Crippen LogP contribution in [0.25, 0.3) is 33.1 Å². The lowest BCUT2D eigenvalue weighted by molar-refractivity contribution is 0.0879. The molecule has 0 aliphatic rings. The van der Waals surface area contributed by atoms with E-state index < -0.39 is 16.3 Å². The number of sulfone groups is 1. The summed E-state index contributed by atoms with van der Waals surface area (Å²) in [5.41, 5.74) is 2.89. The number of aromatic amines is 1. The largest absolute Gasteiger partial charge is 0.491 e. The first-order chi connectivity index (χ1) is 17.2. The molecule has 0 aliphatic carbocycles. The number of halogens is 3. The van der Waals surface area contributed by atoms with E-state index in [0.717, 1.165) is 21.9 Å². The molecule has 0 saturated carbocycles. The van der Waals surface area contributed by atoms with Gasteiger partial charge in [0.1, 0.15) is 11.4 Å². The second kappa shape index (κ2) is 11.1. The lowest BCUT2D eigenvalue weighted by Crippen LogP contribution is -2.30. The first-order valence-electron chi connectivity index (χ1n) is 11.8. The van der Waals surface area contributed by atoms with Crippen molar-refractivity contribution >= 4 is 43.4 Å². The van der Waals surface area contributed by atoms with Gasteiger partial charge in [0, 0.05) is 23.5 Å². The minimum Gasteiger partial charge on any atom is -0.491 e. The van der Waals surface area contributed by atoms with E-state index in [-0.39, 0.29) is 17.2 Å². The predicted molar refractivity (Wildman–Crippen MR) is 140 cm³/mol. The molecule has 2 aromatic heterocycles. The molecule has 1 N–H and O–H groups in total. The fraction of sp³-hybridized carbons (Fsp3) is 0.346. The number of benzene rings is 2. The van der Waals surface area contributed by atoms with E-state index in [1.807, 2.05) is 31.2 Å². The Hall–Kier alpha value is -2.75. The molecule has 0 unspecified atom stereocenters. The van der Waals surface area contributed by atoms with E-state index in [1.54, 1.807) is 36.2 Å². The number of rotatable bonds is 11. The van der Waals surface area contributed by atoms with Crippen LogP contribution in [0.1, 0.15) is 20.3 Å². The molecule has 6 nitrogen and oxygen atoms in total. The minimum absolute atomic E-state index is 0.0119. The molecule has 0 radical (unpaired) electrons. The van der Waals surface area contributed by atoms with Crippen LogP contribution in [0.15, 0.2) is 53.6 Å². The van der Waals surface area contributed by atoms with E-state index in [4.69, 9.17) is 16.3 Å². The Bertz CT molecular complexity index is 1470. The highest BCUT2D eigenvalue weighted by atomic mass is 35.5. The van der Waals surface area contributed by atoms with Gasteiger partial charge in [0.15, 0.2) is 9.84 Å². The number of hydrogen-bond donors (Lipinski definition) is 1. The summed E-state index contributed by atoms with van der Waals surface area (Å²) in [6.45, 7) is 4.62. The number of alkyl halides is 2. The number of pyridine rings is 1. The lowest BCUT2D eigenvalue weighted by Gasteiger charge is -2.19. The summed E-state index contributed by atoms with van der Waals surface area (Å²) in [4.78, 5) is 9.66. The molecule has 0 atom stereocenters. The van der Waals surface area contributed by atoms with Gasteiger partial charge in [-0.1, -0.05) is 37.6 Å². The van der Waals surface area contributed by atoms with Crippen molar-refractivity contribution in [1.29, 1.82) is 0 Å². The highest BCUT2D eigenvalue weighted by Gasteiger charge is 2.18. The van der Waals surface area contributed by atoms with E-state index in [1.165, 1.54) is 0 Å². The zero-order chi connectivity index (χ0) is 25.9. The molecule has 0 saturated heterocycles. The quantitative estimate of drug-likeness (QED) is 0.232. The van der Waals surface area contributed by atoms with E-state index >= 15 is 0 Å². The van der Waals surface area contributed by atoms with Crippen LogP contribution in [0.3, 0.4) is 0 Å². The van der Waals surface area contributed by atoms with Gasteiger partial charge >= 0.3 is 0 Å². The Morgan fingerprint density at radius 1 is 1.17 bits per heavy atom. The van der Waals surface area contributed by atoms with Gasteiger partial charge in [-0.15, -0.1) is 0 Å². The van der Waals surface area contributed by atoms with Crippen LogP contribution in [0.2, 0.25) is 5.02 Å². The van der Waals surface area contributed by atoms with Crippen molar-refractivity contribution in [2.45, 2.75) is 31.6 Å². The van der Waals surface area contributed by atoms with Crippen molar-refractivity contribution in [3.8, 4) is 16.9 Å². The Morgan fingerprint density at radius 2 is 1.97 bits per heavy atom. The third-order valence-electron chi connectivity index (χ3n) is 6.14. The molecule has 0 fully saturated rings. The van der Waals surface area contributed by atoms with Crippen molar-refractivity contribution in [2.75, 3.05) is 32.0 Å². The smallest absolute Gasteiger partial charge is 0.251 e. The van der Waals surface area contributed by atoms with E-state index in [9.17, 15) is 17.2 Å². The Kier molecular flexibility index (Phi) is 8.12. The molecular formula is C26H28ClF2N3O3S. The zero-order valence-corrected chi connectivity index (χ0v) is 21.7. The van der Waals surface area contributed by atoms with Crippen molar-refractivity contribution < 1.29 is 21.9 Å². The number of H-pyrrole nitrogens is 1. The van der Waals surface area contributed by atoms with Crippen molar-refractivity contribution in [3.05, 3.63) is 53.7 Å². The van der Waals surface area contributed by atoms with Crippen LogP contribution >= 0.6 is 11.6 Å². The monoisotopic (exact) mass is 535 g/mol. The maximum absolute atomic E-state index is 12.7. The molecule has 192 valence electrons. The minimum atomic E-state index is -3.37. The van der Waals surface area contributed by atoms with Gasteiger partial charge in [0.25, 0.3) is 6.43 Å². The summed E-state index contributed by atoms with van der Waals surface area (Å²) >= 11 is 6.25. The van der Waals surface area contributed by atoms with Crippen molar-refractivity contribution in [3.63, 3.8) is 0 Å². The Labute approximate surface area is 214 Å². The van der Waals surface area contributed by atoms with Crippen LogP contribution in [0, 0.1) is 0 Å². The van der Waals surface area contributed by atoms with Crippen molar-refractivity contribution in [2.24, 2.45) is 0 Å². The van der Waals surface area contributed by atoms with Gasteiger partial charge < -0.3 is 9.72 Å². The Morgan fingerprint density at radius 3 is 2.69 bits per heavy atom. The number of hydrogen-bond acceptors (Lipinski definition) is 5. The van der Waals surface area contributed by atoms with Crippen molar-refractivity contribution in [1.82, 2.24) is 14.9 Å². The number of ether oxygens (including phenoxy) is 1. The summed E-state index contributed by atoms with van der Waals surface area (Å²) < 4.78 is 56.5. The molecule has 0 amide bonds. The van der Waals surface area contributed by atoms with Gasteiger partial charge in [-0.2, -0.15) is 0 Å². The van der Waals surface area contributed by atoms with E-state index in [2.05, 4.69) is 9.97 Å². The molecule has 2 aromatic carbocycles. The standard InChI is InChI=1S/C26H28ClF2N3O3S/c1-3-32(16-23(28)29)11-6-12-35-22-10-9-20(17-7-5-8-19(13-17)36(33,34)4-2)24-21-14-18(27)15-30-26(21)31-25(22)24/h5,7-10,13-15,23H,3-4,6,11-12,16H2,1-2H3,(H,30,31). The molecule has 36 heavy (non-hydrogen) atoms. The average molecular weight is 536 g/mol. The van der Waals surface area contributed by atoms with Crippen LogP contribution in [-0.4, -0.2) is 61.7 Å². The summed E-state index contributed by atoms with van der Waals surface area (Å²) in [6.07, 6.45) is -0.226. The first-order valence-corrected chi connectivity index (χ1v) is 13.8. The fourth-order valence-corrected chi connectivity index (χ4v) is 5.35. The molecule has 4 rings (SSSR count). The summed E-state index contributed by atoms with van der Waals surface area (Å²) in [5, 5.41) is 2.08. The number of nitrogens with zero attached hydrogens (tertiary/aromatic N) is 2. The molecular weight excluding hydrogens is 508 g/mol. The third-order valence-corrected chi connectivity index (χ3v) is 8.08. The maximum atomic E-state index is 12.7. The van der Waals surface area contributed by atoms with Gasteiger partial charge in [-0.3, -0.25) is 4.90 Å². The summed E-state index contributed by atoms with van der Waals surface area (Å²) in [6, 6.07) is 12.4. The van der Waals surface area contributed by atoms with Crippen LogP contribution < -0.4 is 4.74 Å². The van der Waals surface area contributed by atoms with Crippen LogP contribution in [-0.2, 0) is 9.84 Å². The molecule has 0 aliphatic heterocycles. The highest BCUT2D eigenvalue weighted by molar-refractivity contribution is 7.91. The topological polar surface area (TPSA) is 75.3 Å². The summed E-state index contributed by atoms with van der Waals surface area (Å²) in [5.74, 6) is 0.606. The summed E-state index contributed by atoms with van der Waals surface area (Å²) in [7, 11) is -3.37. The van der Waals surface area contributed by atoms with E-state index in [0.29, 0.717) is 48.1 Å². The molecule has 0 spiro atoms. The van der Waals surface area contributed by atoms with Gasteiger partial charge in [-0.25, -0.2) is 22.2 Å². The first kappa shape index (κ1) is 26.3. The maximum Gasteiger partial charge on any atom is 0.251 e. The average Bonchev–Trinajstić information content (AvgIpc) is 3.24. The van der Waals surface area contributed by atoms with Crippen LogP contribution in [0.4, 0.5) is 8.78 Å². The second-order valence-corrected chi connectivity index (χ2v) is 11.2. The number of fused-ring (bicyclic) bond motifs is 3. The Balaban J connectivity index is 1.72. The molecule has 4 aromatic rings.